The van der Waals surface area contributed by atoms with Crippen LogP contribution in [0, 0.1) is 0 Å². The summed E-state index contributed by atoms with van der Waals surface area (Å²) in [6.07, 6.45) is 0. The third kappa shape index (κ3) is 2.69. The number of oxime groups is 1. The van der Waals surface area contributed by atoms with E-state index in [1.165, 1.54) is 7.11 Å². The van der Waals surface area contributed by atoms with Gasteiger partial charge in [0, 0.05) is 11.9 Å². The van der Waals surface area contributed by atoms with E-state index in [0.717, 1.165) is 23.1 Å². The van der Waals surface area contributed by atoms with E-state index in [1.54, 1.807) is 11.3 Å². The van der Waals surface area contributed by atoms with Crippen LogP contribution < -0.4 is 5.32 Å². The van der Waals surface area contributed by atoms with Crippen molar-refractivity contribution in [3.05, 3.63) is 11.1 Å². The summed E-state index contributed by atoms with van der Waals surface area (Å²) in [6, 6.07) is 0. The van der Waals surface area contributed by atoms with Gasteiger partial charge in [0.2, 0.25) is 0 Å². The minimum Gasteiger partial charge on any atom is -0.399 e. The molecule has 1 aromatic heterocycles. The van der Waals surface area contributed by atoms with Crippen molar-refractivity contribution < 1.29 is 4.84 Å². The highest BCUT2D eigenvalue weighted by Crippen LogP contribution is 2.15. The SMILES string of the molecule is CCNc1nc(C(C)=NOC)cs1. The molecule has 1 N–H and O–H groups in total. The van der Waals surface area contributed by atoms with Crippen LogP contribution in [0.5, 0.6) is 0 Å². The van der Waals surface area contributed by atoms with Gasteiger partial charge in [0.25, 0.3) is 0 Å². The molecule has 0 radical (unpaired) electrons. The van der Waals surface area contributed by atoms with E-state index in [4.69, 9.17) is 0 Å². The summed E-state index contributed by atoms with van der Waals surface area (Å²) in [6.45, 7) is 4.79. The van der Waals surface area contributed by atoms with Crippen LogP contribution in [0.15, 0.2) is 10.5 Å². The van der Waals surface area contributed by atoms with Crippen LogP contribution in [0.1, 0.15) is 19.5 Å². The summed E-state index contributed by atoms with van der Waals surface area (Å²) >= 11 is 1.57. The molecule has 1 heterocycles. The fraction of sp³-hybridized carbons (Fsp3) is 0.500. The first-order valence-electron chi connectivity index (χ1n) is 4.05. The van der Waals surface area contributed by atoms with Gasteiger partial charge in [0.05, 0.1) is 0 Å². The highest BCUT2D eigenvalue weighted by atomic mass is 32.1. The molecule has 0 aliphatic rings. The molecule has 0 saturated carbocycles. The highest BCUT2D eigenvalue weighted by molar-refractivity contribution is 7.13. The second-order valence-corrected chi connectivity index (χ2v) is 3.29. The zero-order chi connectivity index (χ0) is 9.68. The standard InChI is InChI=1S/C8H13N3OS/c1-4-9-8-10-7(5-13-8)6(2)11-12-3/h5H,4H2,1-3H3,(H,9,10). The second kappa shape index (κ2) is 4.81. The number of thiazole rings is 1. The molecule has 0 fully saturated rings. The predicted molar refractivity (Wildman–Crippen MR) is 55.5 cm³/mol. The van der Waals surface area contributed by atoms with Crippen molar-refractivity contribution in [1.82, 2.24) is 4.98 Å². The zero-order valence-corrected chi connectivity index (χ0v) is 8.81. The van der Waals surface area contributed by atoms with E-state index >= 15 is 0 Å². The highest BCUT2D eigenvalue weighted by Gasteiger charge is 2.03. The van der Waals surface area contributed by atoms with E-state index in [9.17, 15) is 0 Å². The molecule has 0 atom stereocenters. The van der Waals surface area contributed by atoms with Crippen molar-refractivity contribution in [2.45, 2.75) is 13.8 Å². The number of rotatable bonds is 4. The van der Waals surface area contributed by atoms with E-state index in [2.05, 4.69) is 20.3 Å². The Kier molecular flexibility index (Phi) is 3.70. The van der Waals surface area contributed by atoms with Crippen molar-refractivity contribution in [1.29, 1.82) is 0 Å². The molecule has 1 rings (SSSR count). The fourth-order valence-electron chi connectivity index (χ4n) is 0.856. The lowest BCUT2D eigenvalue weighted by molar-refractivity contribution is 0.213. The van der Waals surface area contributed by atoms with Crippen molar-refractivity contribution in [3.63, 3.8) is 0 Å². The molecule has 0 unspecified atom stereocenters. The number of nitrogens with zero attached hydrogens (tertiary/aromatic N) is 2. The fourth-order valence-corrected chi connectivity index (χ4v) is 1.68. The number of hydrogen-bond donors (Lipinski definition) is 1. The molecule has 0 saturated heterocycles. The third-order valence-corrected chi connectivity index (χ3v) is 2.23. The Morgan fingerprint density at radius 1 is 1.77 bits per heavy atom. The maximum Gasteiger partial charge on any atom is 0.183 e. The topological polar surface area (TPSA) is 46.5 Å². The van der Waals surface area contributed by atoms with Crippen LogP contribution in [0.2, 0.25) is 0 Å². The number of hydrogen-bond acceptors (Lipinski definition) is 5. The molecule has 5 heteroatoms. The summed E-state index contributed by atoms with van der Waals surface area (Å²) < 4.78 is 0. The molecule has 1 aromatic rings. The minimum atomic E-state index is 0.794. The van der Waals surface area contributed by atoms with Gasteiger partial charge in [-0.2, -0.15) is 0 Å². The maximum absolute atomic E-state index is 4.66. The molecule has 0 amide bonds. The van der Waals surface area contributed by atoms with Crippen LogP contribution in [-0.2, 0) is 4.84 Å². The Morgan fingerprint density at radius 2 is 2.54 bits per heavy atom. The Morgan fingerprint density at radius 3 is 3.15 bits per heavy atom. The molecule has 72 valence electrons. The zero-order valence-electron chi connectivity index (χ0n) is 8.00. The van der Waals surface area contributed by atoms with Gasteiger partial charge in [0.1, 0.15) is 18.5 Å². The van der Waals surface area contributed by atoms with Gasteiger partial charge in [-0.3, -0.25) is 0 Å². The van der Waals surface area contributed by atoms with E-state index in [-0.39, 0.29) is 0 Å². The van der Waals surface area contributed by atoms with Gasteiger partial charge in [-0.05, 0) is 13.8 Å². The Balaban J connectivity index is 2.73. The Hall–Kier alpha value is -1.10. The molecule has 0 aromatic carbocycles. The number of anilines is 1. The average Bonchev–Trinajstić information content (AvgIpc) is 2.54. The third-order valence-electron chi connectivity index (χ3n) is 1.43. The lowest BCUT2D eigenvalue weighted by Crippen LogP contribution is -1.99. The van der Waals surface area contributed by atoms with Crippen molar-refractivity contribution in [3.8, 4) is 0 Å². The van der Waals surface area contributed by atoms with Gasteiger partial charge < -0.3 is 10.2 Å². The predicted octanol–water partition coefficient (Wildman–Crippen LogP) is 1.95. The quantitative estimate of drug-likeness (QED) is 0.595. The molecule has 13 heavy (non-hydrogen) atoms. The number of aromatic nitrogens is 1. The summed E-state index contributed by atoms with van der Waals surface area (Å²) in [5.74, 6) is 0. The molecule has 0 aliphatic heterocycles. The lowest BCUT2D eigenvalue weighted by Gasteiger charge is -1.95. The normalized spacial score (nSPS) is 11.5. The minimum absolute atomic E-state index is 0.794. The average molecular weight is 199 g/mol. The van der Waals surface area contributed by atoms with Crippen LogP contribution >= 0.6 is 11.3 Å². The van der Waals surface area contributed by atoms with Gasteiger partial charge in [-0.25, -0.2) is 4.98 Å². The molecule has 0 bridgehead atoms. The van der Waals surface area contributed by atoms with Gasteiger partial charge in [-0.1, -0.05) is 5.16 Å². The maximum atomic E-state index is 4.66. The summed E-state index contributed by atoms with van der Waals surface area (Å²) in [5, 5.41) is 9.81. The van der Waals surface area contributed by atoms with E-state index in [0.29, 0.717) is 0 Å². The van der Waals surface area contributed by atoms with Gasteiger partial charge >= 0.3 is 0 Å². The summed E-state index contributed by atoms with van der Waals surface area (Å²) in [7, 11) is 1.53. The molecular weight excluding hydrogens is 186 g/mol. The molecule has 0 aliphatic carbocycles. The van der Waals surface area contributed by atoms with Crippen molar-refractivity contribution >= 4 is 22.2 Å². The van der Waals surface area contributed by atoms with Crippen LogP contribution in [0.25, 0.3) is 0 Å². The Labute approximate surface area is 81.6 Å². The van der Waals surface area contributed by atoms with E-state index < -0.39 is 0 Å². The van der Waals surface area contributed by atoms with E-state index in [1.807, 2.05) is 19.2 Å². The monoisotopic (exact) mass is 199 g/mol. The first-order valence-corrected chi connectivity index (χ1v) is 4.93. The van der Waals surface area contributed by atoms with Crippen molar-refractivity contribution in [2.24, 2.45) is 5.16 Å². The molecule has 0 spiro atoms. The smallest absolute Gasteiger partial charge is 0.183 e. The molecule has 4 nitrogen and oxygen atoms in total. The number of nitrogens with one attached hydrogen (secondary N) is 1. The first kappa shape index (κ1) is 9.98. The van der Waals surface area contributed by atoms with Crippen LogP contribution in [0.4, 0.5) is 5.13 Å². The van der Waals surface area contributed by atoms with Gasteiger partial charge in [-0.15, -0.1) is 11.3 Å². The van der Waals surface area contributed by atoms with Crippen LogP contribution in [-0.4, -0.2) is 24.4 Å². The summed E-state index contributed by atoms with van der Waals surface area (Å²) in [4.78, 5) is 8.97. The Bertz CT molecular complexity index is 295. The van der Waals surface area contributed by atoms with Gasteiger partial charge in [0.15, 0.2) is 5.13 Å². The second-order valence-electron chi connectivity index (χ2n) is 2.43. The largest absolute Gasteiger partial charge is 0.399 e. The van der Waals surface area contributed by atoms with Crippen LogP contribution in [0.3, 0.4) is 0 Å². The first-order chi connectivity index (χ1) is 6.27. The summed E-state index contributed by atoms with van der Waals surface area (Å²) in [5.41, 5.74) is 1.66. The molecular formula is C8H13N3OS. The van der Waals surface area contributed by atoms with Crippen molar-refractivity contribution in [2.75, 3.05) is 19.0 Å². The lowest BCUT2D eigenvalue weighted by atomic mass is 10.3.